The monoisotopic (exact) mass is 397 g/mol. The minimum atomic E-state index is -0.420. The third kappa shape index (κ3) is 3.68. The zero-order valence-electron chi connectivity index (χ0n) is 13.8. The molecule has 1 aromatic heterocycles. The van der Waals surface area contributed by atoms with Crippen molar-refractivity contribution in [1.29, 1.82) is 0 Å². The van der Waals surface area contributed by atoms with Crippen molar-refractivity contribution in [2.24, 2.45) is 5.92 Å². The summed E-state index contributed by atoms with van der Waals surface area (Å²) in [5.41, 5.74) is 1.85. The minimum Gasteiger partial charge on any atom is -0.465 e. The van der Waals surface area contributed by atoms with E-state index in [1.165, 1.54) is 24.5 Å². The van der Waals surface area contributed by atoms with Crippen molar-refractivity contribution < 1.29 is 14.3 Å². The number of benzene rings is 1. The van der Waals surface area contributed by atoms with Gasteiger partial charge in [-0.3, -0.25) is 4.79 Å². The first-order valence-corrected chi connectivity index (χ1v) is 9.47. The number of nitrogens with one attached hydrogen (secondary N) is 1. The predicted octanol–water partition coefficient (Wildman–Crippen LogP) is 5.22. The van der Waals surface area contributed by atoms with Crippen molar-refractivity contribution in [3.05, 3.63) is 49.8 Å². The van der Waals surface area contributed by atoms with Crippen molar-refractivity contribution >= 4 is 51.4 Å². The molecule has 0 unspecified atom stereocenters. The molecular formula is C18H17Cl2NO3S. The number of amides is 1. The van der Waals surface area contributed by atoms with Gasteiger partial charge in [0.1, 0.15) is 5.00 Å². The number of hydrogen-bond acceptors (Lipinski definition) is 4. The van der Waals surface area contributed by atoms with E-state index in [2.05, 4.69) is 12.2 Å². The van der Waals surface area contributed by atoms with E-state index in [0.717, 1.165) is 29.7 Å². The Morgan fingerprint density at radius 1 is 1.28 bits per heavy atom. The molecule has 0 saturated heterocycles. The summed E-state index contributed by atoms with van der Waals surface area (Å²) in [7, 11) is 1.35. The quantitative estimate of drug-likeness (QED) is 0.722. The summed E-state index contributed by atoms with van der Waals surface area (Å²) in [6, 6.07) is 4.67. The SMILES string of the molecule is COC(=O)c1c(NC(=O)c2ccc(Cl)c(Cl)c2)sc2c1CC[C@H](C)C2. The van der Waals surface area contributed by atoms with Crippen LogP contribution in [-0.2, 0) is 17.6 Å². The van der Waals surface area contributed by atoms with Crippen LogP contribution in [0.4, 0.5) is 5.00 Å². The highest BCUT2D eigenvalue weighted by molar-refractivity contribution is 7.17. The van der Waals surface area contributed by atoms with Crippen LogP contribution in [-0.4, -0.2) is 19.0 Å². The maximum Gasteiger partial charge on any atom is 0.341 e. The van der Waals surface area contributed by atoms with Crippen molar-refractivity contribution in [3.63, 3.8) is 0 Å². The fourth-order valence-electron chi connectivity index (χ4n) is 2.97. The molecule has 4 nitrogen and oxygen atoms in total. The van der Waals surface area contributed by atoms with Crippen molar-refractivity contribution in [3.8, 4) is 0 Å². The molecule has 132 valence electrons. The first kappa shape index (κ1) is 18.2. The number of methoxy groups -OCH3 is 1. The second-order valence-corrected chi connectivity index (χ2v) is 8.05. The zero-order chi connectivity index (χ0) is 18.1. The van der Waals surface area contributed by atoms with Crippen LogP contribution in [0.2, 0.25) is 10.0 Å². The Balaban J connectivity index is 1.95. The average molecular weight is 398 g/mol. The molecule has 0 radical (unpaired) electrons. The normalized spacial score (nSPS) is 16.2. The largest absolute Gasteiger partial charge is 0.465 e. The van der Waals surface area contributed by atoms with Crippen LogP contribution in [0.5, 0.6) is 0 Å². The molecule has 25 heavy (non-hydrogen) atoms. The third-order valence-electron chi connectivity index (χ3n) is 4.31. The number of fused-ring (bicyclic) bond motifs is 1. The van der Waals surface area contributed by atoms with Gasteiger partial charge < -0.3 is 10.1 Å². The number of ether oxygens (including phenoxy) is 1. The van der Waals surface area contributed by atoms with Crippen LogP contribution >= 0.6 is 34.5 Å². The predicted molar refractivity (Wildman–Crippen MR) is 101 cm³/mol. The number of hydrogen-bond donors (Lipinski definition) is 1. The van der Waals surface area contributed by atoms with Crippen molar-refractivity contribution in [2.75, 3.05) is 12.4 Å². The number of thiophene rings is 1. The van der Waals surface area contributed by atoms with E-state index in [1.54, 1.807) is 12.1 Å². The van der Waals surface area contributed by atoms with E-state index in [1.807, 2.05) is 0 Å². The topological polar surface area (TPSA) is 55.4 Å². The van der Waals surface area contributed by atoms with Gasteiger partial charge in [-0.1, -0.05) is 30.1 Å². The van der Waals surface area contributed by atoms with Crippen LogP contribution in [0.1, 0.15) is 44.5 Å². The van der Waals surface area contributed by atoms with Gasteiger partial charge in [-0.25, -0.2) is 4.79 Å². The van der Waals surface area contributed by atoms with E-state index in [-0.39, 0.29) is 5.91 Å². The Morgan fingerprint density at radius 3 is 2.72 bits per heavy atom. The molecule has 0 aliphatic heterocycles. The summed E-state index contributed by atoms with van der Waals surface area (Å²) in [6.07, 6.45) is 2.75. The molecule has 2 aromatic rings. The van der Waals surface area contributed by atoms with Crippen LogP contribution in [0.25, 0.3) is 0 Å². The molecule has 0 bridgehead atoms. The maximum absolute atomic E-state index is 12.6. The molecule has 0 fully saturated rings. The van der Waals surface area contributed by atoms with Gasteiger partial charge in [-0.15, -0.1) is 11.3 Å². The summed E-state index contributed by atoms with van der Waals surface area (Å²) in [5, 5.41) is 4.06. The van der Waals surface area contributed by atoms with E-state index in [9.17, 15) is 9.59 Å². The fraction of sp³-hybridized carbons (Fsp3) is 0.333. The van der Waals surface area contributed by atoms with Crippen molar-refractivity contribution in [2.45, 2.75) is 26.2 Å². The maximum atomic E-state index is 12.6. The van der Waals surface area contributed by atoms with Gasteiger partial charge in [-0.05, 0) is 48.9 Å². The zero-order valence-corrected chi connectivity index (χ0v) is 16.1. The smallest absolute Gasteiger partial charge is 0.341 e. The Labute approximate surface area is 160 Å². The van der Waals surface area contributed by atoms with E-state index < -0.39 is 5.97 Å². The second kappa shape index (κ2) is 7.36. The molecule has 1 heterocycles. The fourth-order valence-corrected chi connectivity index (χ4v) is 4.66. The summed E-state index contributed by atoms with van der Waals surface area (Å²) < 4.78 is 4.93. The van der Waals surface area contributed by atoms with Gasteiger partial charge in [0.25, 0.3) is 5.91 Å². The van der Waals surface area contributed by atoms with Crippen LogP contribution in [0.15, 0.2) is 18.2 Å². The Kier molecular flexibility index (Phi) is 5.37. The minimum absolute atomic E-state index is 0.307. The van der Waals surface area contributed by atoms with E-state index in [4.69, 9.17) is 27.9 Å². The lowest BCUT2D eigenvalue weighted by Gasteiger charge is -2.18. The highest BCUT2D eigenvalue weighted by Crippen LogP contribution is 2.40. The molecule has 1 atom stereocenters. The highest BCUT2D eigenvalue weighted by atomic mass is 35.5. The molecule has 7 heteroatoms. The van der Waals surface area contributed by atoms with Gasteiger partial charge >= 0.3 is 5.97 Å². The lowest BCUT2D eigenvalue weighted by Crippen LogP contribution is -2.16. The molecule has 0 saturated carbocycles. The molecule has 0 spiro atoms. The third-order valence-corrected chi connectivity index (χ3v) is 6.22. The second-order valence-electron chi connectivity index (χ2n) is 6.13. The highest BCUT2D eigenvalue weighted by Gasteiger charge is 2.29. The number of esters is 1. The van der Waals surface area contributed by atoms with E-state index in [0.29, 0.717) is 32.1 Å². The first-order valence-electron chi connectivity index (χ1n) is 7.90. The molecule has 1 N–H and O–H groups in total. The molecule has 3 rings (SSSR count). The molecule has 1 amide bonds. The Hall–Kier alpha value is -1.56. The summed E-state index contributed by atoms with van der Waals surface area (Å²) in [6.45, 7) is 2.19. The van der Waals surface area contributed by atoms with Crippen LogP contribution in [0, 0.1) is 5.92 Å². The van der Waals surface area contributed by atoms with Gasteiger partial charge in [-0.2, -0.15) is 0 Å². The van der Waals surface area contributed by atoms with Gasteiger partial charge in [0.15, 0.2) is 0 Å². The molecule has 1 aliphatic carbocycles. The lowest BCUT2D eigenvalue weighted by molar-refractivity contribution is 0.0601. The van der Waals surface area contributed by atoms with Gasteiger partial charge in [0.05, 0.1) is 22.7 Å². The standard InChI is InChI=1S/C18H17Cl2NO3S/c1-9-3-5-11-14(7-9)25-17(15(11)18(23)24-2)21-16(22)10-4-6-12(19)13(20)8-10/h4,6,8-9H,3,5,7H2,1-2H3,(H,21,22)/t9-/m0/s1. The summed E-state index contributed by atoms with van der Waals surface area (Å²) in [4.78, 5) is 26.0. The number of carbonyl (C=O) groups is 2. The van der Waals surface area contributed by atoms with Crippen LogP contribution in [0.3, 0.4) is 0 Å². The number of anilines is 1. The Morgan fingerprint density at radius 2 is 2.04 bits per heavy atom. The average Bonchev–Trinajstić information content (AvgIpc) is 2.93. The lowest BCUT2D eigenvalue weighted by atomic mass is 9.88. The number of carbonyl (C=O) groups excluding carboxylic acids is 2. The summed E-state index contributed by atoms with van der Waals surface area (Å²) >= 11 is 13.3. The van der Waals surface area contributed by atoms with Gasteiger partial charge in [0.2, 0.25) is 0 Å². The molecule has 1 aliphatic rings. The summed E-state index contributed by atoms with van der Waals surface area (Å²) in [5.74, 6) is -0.192. The van der Waals surface area contributed by atoms with Crippen LogP contribution < -0.4 is 5.32 Å². The molecular weight excluding hydrogens is 381 g/mol. The number of rotatable bonds is 3. The Bertz CT molecular complexity index is 847. The van der Waals surface area contributed by atoms with E-state index >= 15 is 0 Å². The van der Waals surface area contributed by atoms with Crippen molar-refractivity contribution in [1.82, 2.24) is 0 Å². The first-order chi connectivity index (χ1) is 11.9. The molecule has 1 aromatic carbocycles. The van der Waals surface area contributed by atoms with Gasteiger partial charge in [0, 0.05) is 10.4 Å². The number of halogens is 2.